The van der Waals surface area contributed by atoms with Crippen LogP contribution in [0, 0.1) is 24.5 Å². The van der Waals surface area contributed by atoms with Crippen LogP contribution >= 0.6 is 0 Å². The lowest BCUT2D eigenvalue weighted by Crippen LogP contribution is -2.46. The second-order valence-electron chi connectivity index (χ2n) is 8.83. The zero-order valence-electron chi connectivity index (χ0n) is 19.6. The fourth-order valence-electron chi connectivity index (χ4n) is 4.18. The topological polar surface area (TPSA) is 45.1 Å². The van der Waals surface area contributed by atoms with Crippen LogP contribution in [0.25, 0.3) is 22.8 Å². The molecule has 3 aromatic rings. The van der Waals surface area contributed by atoms with Gasteiger partial charge in [0.2, 0.25) is 0 Å². The largest absolute Gasteiger partial charge is 0.371 e. The van der Waals surface area contributed by atoms with Crippen LogP contribution in [-0.2, 0) is 0 Å². The van der Waals surface area contributed by atoms with Gasteiger partial charge in [0, 0.05) is 30.8 Å². The molecule has 2 heterocycles. The molecule has 0 radical (unpaired) electrons. The van der Waals surface area contributed by atoms with Crippen molar-refractivity contribution in [1.29, 1.82) is 0 Å². The third-order valence-corrected chi connectivity index (χ3v) is 6.17. The molecule has 0 spiro atoms. The van der Waals surface area contributed by atoms with Crippen molar-refractivity contribution < 1.29 is 8.78 Å². The number of likely N-dealkylation sites (N-methyl/N-ethyl adjacent to an activating group) is 1. The molecular formula is C26H31F2N5. The van der Waals surface area contributed by atoms with Gasteiger partial charge in [0.25, 0.3) is 0 Å². The number of aromatic nitrogens is 2. The molecular weight excluding hydrogens is 420 g/mol. The first-order chi connectivity index (χ1) is 15.8. The normalized spacial score (nSPS) is 16.8. The summed E-state index contributed by atoms with van der Waals surface area (Å²) in [5.41, 5.74) is 3.51. The predicted molar refractivity (Wildman–Crippen MR) is 130 cm³/mol. The van der Waals surface area contributed by atoms with E-state index >= 15 is 4.39 Å². The van der Waals surface area contributed by atoms with Gasteiger partial charge in [-0.05, 0) is 31.9 Å². The summed E-state index contributed by atoms with van der Waals surface area (Å²) in [6.45, 7) is 14.6. The zero-order chi connectivity index (χ0) is 23.7. The highest BCUT2D eigenvalue weighted by Crippen LogP contribution is 2.36. The molecule has 1 unspecified atom stereocenters. The van der Waals surface area contributed by atoms with Crippen LogP contribution < -0.4 is 15.5 Å². The van der Waals surface area contributed by atoms with Gasteiger partial charge >= 0.3 is 0 Å². The minimum atomic E-state index is -0.642. The maximum Gasteiger partial charge on any atom is 0.150 e. The average Bonchev–Trinajstić information content (AvgIpc) is 3.18. The molecule has 1 atom stereocenters. The molecule has 0 bridgehead atoms. The summed E-state index contributed by atoms with van der Waals surface area (Å²) < 4.78 is 30.8. The van der Waals surface area contributed by atoms with Crippen molar-refractivity contribution in [3.63, 3.8) is 0 Å². The van der Waals surface area contributed by atoms with E-state index in [1.807, 2.05) is 31.2 Å². The van der Waals surface area contributed by atoms with Gasteiger partial charge in [0.05, 0.1) is 18.1 Å². The third-order valence-electron chi connectivity index (χ3n) is 6.17. The van der Waals surface area contributed by atoms with Gasteiger partial charge in [-0.2, -0.15) is 0 Å². The highest BCUT2D eigenvalue weighted by molar-refractivity contribution is 5.77. The smallest absolute Gasteiger partial charge is 0.150 e. The van der Waals surface area contributed by atoms with Gasteiger partial charge < -0.3 is 10.2 Å². The van der Waals surface area contributed by atoms with E-state index in [9.17, 15) is 4.39 Å². The van der Waals surface area contributed by atoms with E-state index in [1.54, 1.807) is 4.57 Å². The first-order valence-corrected chi connectivity index (χ1v) is 11.4. The molecule has 4 rings (SSSR count). The molecule has 174 valence electrons. The van der Waals surface area contributed by atoms with Crippen molar-refractivity contribution in [2.45, 2.75) is 33.7 Å². The third kappa shape index (κ3) is 4.50. The Kier molecular flexibility index (Phi) is 6.51. The van der Waals surface area contributed by atoms with E-state index in [4.69, 9.17) is 4.98 Å². The Bertz CT molecular complexity index is 1150. The molecule has 1 aliphatic rings. The van der Waals surface area contributed by atoms with Crippen LogP contribution in [0.1, 0.15) is 32.0 Å². The van der Waals surface area contributed by atoms with Crippen LogP contribution in [0.15, 0.2) is 49.0 Å². The van der Waals surface area contributed by atoms with E-state index in [-0.39, 0.29) is 11.7 Å². The number of fused-ring (bicyclic) bond motifs is 1. The van der Waals surface area contributed by atoms with Gasteiger partial charge in [-0.1, -0.05) is 50.3 Å². The van der Waals surface area contributed by atoms with E-state index in [1.165, 1.54) is 12.1 Å². The first-order valence-electron chi connectivity index (χ1n) is 11.4. The maximum atomic E-state index is 15.2. The summed E-state index contributed by atoms with van der Waals surface area (Å²) in [4.78, 5) is 7.15. The number of nitrogens with zero attached hydrogens (tertiary/aromatic N) is 3. The minimum absolute atomic E-state index is 0.195. The Labute approximate surface area is 194 Å². The fourth-order valence-corrected chi connectivity index (χ4v) is 4.18. The Morgan fingerprint density at radius 1 is 1.15 bits per heavy atom. The van der Waals surface area contributed by atoms with E-state index in [0.29, 0.717) is 42.9 Å². The Morgan fingerprint density at radius 2 is 1.88 bits per heavy atom. The lowest BCUT2D eigenvalue weighted by atomic mass is 10.0. The monoisotopic (exact) mass is 451 g/mol. The van der Waals surface area contributed by atoms with Crippen LogP contribution in [-0.4, -0.2) is 35.4 Å². The van der Waals surface area contributed by atoms with E-state index in [2.05, 4.69) is 42.9 Å². The van der Waals surface area contributed by atoms with Gasteiger partial charge in [-0.15, -0.1) is 0 Å². The molecule has 0 fully saturated rings. The van der Waals surface area contributed by atoms with Crippen molar-refractivity contribution in [3.05, 3.63) is 71.9 Å². The van der Waals surface area contributed by atoms with Crippen LogP contribution in [0.4, 0.5) is 14.6 Å². The van der Waals surface area contributed by atoms with Gasteiger partial charge in [-0.3, -0.25) is 9.88 Å². The van der Waals surface area contributed by atoms with Crippen LogP contribution in [0.3, 0.4) is 0 Å². The number of rotatable bonds is 4. The molecule has 0 saturated carbocycles. The molecule has 2 N–H and O–H groups in total. The molecule has 0 aliphatic carbocycles. The molecule has 5 nitrogen and oxygen atoms in total. The summed E-state index contributed by atoms with van der Waals surface area (Å²) in [6.07, 6.45) is 0. The molecule has 1 aromatic heterocycles. The van der Waals surface area contributed by atoms with Crippen molar-refractivity contribution in [2.75, 3.05) is 24.7 Å². The fraction of sp³-hybridized carbons (Fsp3) is 0.346. The molecule has 7 heteroatoms. The van der Waals surface area contributed by atoms with Crippen molar-refractivity contribution in [3.8, 4) is 17.1 Å². The second kappa shape index (κ2) is 9.35. The summed E-state index contributed by atoms with van der Waals surface area (Å²) in [5, 5.41) is 6.86. The number of halogens is 2. The summed E-state index contributed by atoms with van der Waals surface area (Å²) in [7, 11) is 0. The van der Waals surface area contributed by atoms with E-state index < -0.39 is 11.6 Å². The standard InChI is InChI=1S/C26H31F2N5/c1-6-32-14-22(16(2)3)30-15-29-18(5)24-26(32)33(23-12-11-20(27)13-21(23)28)25(31-24)19-9-7-17(4)8-10-19/h7-13,16,22,29-30H,5-6,14-15H2,1-4H3. The van der Waals surface area contributed by atoms with Crippen molar-refractivity contribution in [2.24, 2.45) is 5.92 Å². The maximum absolute atomic E-state index is 15.2. The van der Waals surface area contributed by atoms with Crippen LogP contribution in [0.2, 0.25) is 0 Å². The van der Waals surface area contributed by atoms with Crippen LogP contribution in [0.5, 0.6) is 0 Å². The van der Waals surface area contributed by atoms with Gasteiger partial charge in [0.15, 0.2) is 0 Å². The zero-order valence-corrected chi connectivity index (χ0v) is 19.6. The number of imidazole rings is 1. The number of benzene rings is 2. The molecule has 33 heavy (non-hydrogen) atoms. The van der Waals surface area contributed by atoms with Crippen molar-refractivity contribution in [1.82, 2.24) is 20.2 Å². The highest BCUT2D eigenvalue weighted by Gasteiger charge is 2.29. The van der Waals surface area contributed by atoms with Gasteiger partial charge in [-0.25, -0.2) is 13.8 Å². The predicted octanol–water partition coefficient (Wildman–Crippen LogP) is 5.10. The Hall–Kier alpha value is -3.19. The summed E-state index contributed by atoms with van der Waals surface area (Å²) >= 11 is 0. The lowest BCUT2D eigenvalue weighted by molar-refractivity contribution is 0.395. The molecule has 2 aromatic carbocycles. The Morgan fingerprint density at radius 3 is 2.52 bits per heavy atom. The number of nitrogens with one attached hydrogen (secondary N) is 2. The van der Waals surface area contributed by atoms with Gasteiger partial charge in [0.1, 0.15) is 29.0 Å². The number of hydrogen-bond donors (Lipinski definition) is 2. The highest BCUT2D eigenvalue weighted by atomic mass is 19.1. The lowest BCUT2D eigenvalue weighted by Gasteiger charge is -2.31. The number of anilines is 1. The summed E-state index contributed by atoms with van der Waals surface area (Å²) in [6, 6.07) is 11.8. The quantitative estimate of drug-likeness (QED) is 0.580. The molecule has 0 amide bonds. The average molecular weight is 452 g/mol. The second-order valence-corrected chi connectivity index (χ2v) is 8.83. The summed E-state index contributed by atoms with van der Waals surface area (Å²) in [5.74, 6) is 0.449. The molecule has 1 aliphatic heterocycles. The van der Waals surface area contributed by atoms with Crippen molar-refractivity contribution >= 4 is 11.5 Å². The SMILES string of the molecule is C=C1NCNC(C(C)C)CN(CC)c2c1nc(-c1ccc(C)cc1)n2-c1ccc(F)cc1F. The van der Waals surface area contributed by atoms with E-state index in [0.717, 1.165) is 23.0 Å². The minimum Gasteiger partial charge on any atom is -0.371 e. The molecule has 0 saturated heterocycles. The number of hydrogen-bond acceptors (Lipinski definition) is 4. The first kappa shape index (κ1) is 23.0. The number of aryl methyl sites for hydroxylation is 1. The Balaban J connectivity index is 2.02.